The van der Waals surface area contributed by atoms with Crippen LogP contribution in [-0.2, 0) is 14.8 Å². The van der Waals surface area contributed by atoms with Crippen LogP contribution in [0.3, 0.4) is 0 Å². The van der Waals surface area contributed by atoms with Gasteiger partial charge in [-0.2, -0.15) is 0 Å². The Labute approximate surface area is 160 Å². The van der Waals surface area contributed by atoms with Crippen molar-refractivity contribution < 1.29 is 17.9 Å². The summed E-state index contributed by atoms with van der Waals surface area (Å²) < 4.78 is 31.0. The molecule has 1 amide bonds. The molecule has 0 unspecified atom stereocenters. The van der Waals surface area contributed by atoms with Crippen LogP contribution in [0, 0.1) is 13.8 Å². The zero-order chi connectivity index (χ0) is 20.0. The Morgan fingerprint density at radius 3 is 2.44 bits per heavy atom. The first kappa shape index (κ1) is 20.5. The largest absolute Gasteiger partial charge is 0.490 e. The van der Waals surface area contributed by atoms with Crippen molar-refractivity contribution in [3.8, 4) is 5.75 Å². The van der Waals surface area contributed by atoms with E-state index < -0.39 is 15.9 Å². The van der Waals surface area contributed by atoms with Gasteiger partial charge in [0.2, 0.25) is 15.9 Å². The third kappa shape index (κ3) is 5.59. The third-order valence-electron chi connectivity index (χ3n) is 4.04. The second-order valence-corrected chi connectivity index (χ2v) is 8.07. The van der Waals surface area contributed by atoms with Crippen molar-refractivity contribution in [2.75, 3.05) is 29.0 Å². The highest BCUT2D eigenvalue weighted by Gasteiger charge is 2.22. The van der Waals surface area contributed by atoms with E-state index in [4.69, 9.17) is 4.74 Å². The minimum absolute atomic E-state index is 0.308. The lowest BCUT2D eigenvalue weighted by Gasteiger charge is -2.24. The summed E-state index contributed by atoms with van der Waals surface area (Å²) in [7, 11) is -3.62. The molecule has 0 aromatic heterocycles. The van der Waals surface area contributed by atoms with Gasteiger partial charge in [0.15, 0.2) is 0 Å². The first-order valence-corrected chi connectivity index (χ1v) is 10.2. The Morgan fingerprint density at radius 2 is 1.85 bits per heavy atom. The predicted molar refractivity (Wildman–Crippen MR) is 109 cm³/mol. The molecule has 1 N–H and O–H groups in total. The van der Waals surface area contributed by atoms with Crippen LogP contribution < -0.4 is 14.4 Å². The number of hydrogen-bond donors (Lipinski definition) is 1. The van der Waals surface area contributed by atoms with E-state index in [0.29, 0.717) is 23.7 Å². The Hall–Kier alpha value is -2.80. The standard InChI is InChI=1S/C20H24N2O4S/c1-5-13-26-18-11-9-17(10-12-18)21-20(23)14-22(27(4,24)25)19-8-6-7-15(2)16(19)3/h5-12H,1,13-14H2,2-4H3,(H,21,23). The minimum atomic E-state index is -3.62. The topological polar surface area (TPSA) is 75.7 Å². The van der Waals surface area contributed by atoms with Crippen LogP contribution in [0.5, 0.6) is 5.75 Å². The van der Waals surface area contributed by atoms with Gasteiger partial charge < -0.3 is 10.1 Å². The smallest absolute Gasteiger partial charge is 0.245 e. The molecular formula is C20H24N2O4S. The van der Waals surface area contributed by atoms with E-state index in [0.717, 1.165) is 21.7 Å². The highest BCUT2D eigenvalue weighted by atomic mass is 32.2. The summed E-state index contributed by atoms with van der Waals surface area (Å²) in [5.41, 5.74) is 2.83. The maximum Gasteiger partial charge on any atom is 0.245 e. The molecule has 144 valence electrons. The van der Waals surface area contributed by atoms with E-state index in [1.807, 2.05) is 19.9 Å². The molecule has 0 spiro atoms. The molecule has 0 saturated heterocycles. The Morgan fingerprint density at radius 1 is 1.19 bits per heavy atom. The summed E-state index contributed by atoms with van der Waals surface area (Å²) in [5, 5.41) is 2.71. The van der Waals surface area contributed by atoms with Crippen LogP contribution in [0.15, 0.2) is 55.1 Å². The number of carbonyl (C=O) groups is 1. The number of hydrogen-bond acceptors (Lipinski definition) is 4. The molecule has 0 radical (unpaired) electrons. The highest BCUT2D eigenvalue weighted by molar-refractivity contribution is 7.92. The summed E-state index contributed by atoms with van der Waals surface area (Å²) in [5.74, 6) is 0.224. The van der Waals surface area contributed by atoms with Crippen LogP contribution in [0.1, 0.15) is 11.1 Å². The lowest BCUT2D eigenvalue weighted by atomic mass is 10.1. The van der Waals surface area contributed by atoms with E-state index in [9.17, 15) is 13.2 Å². The van der Waals surface area contributed by atoms with Crippen LogP contribution >= 0.6 is 0 Å². The third-order valence-corrected chi connectivity index (χ3v) is 5.16. The molecule has 0 fully saturated rings. The Bertz CT molecular complexity index is 921. The molecular weight excluding hydrogens is 364 g/mol. The van der Waals surface area contributed by atoms with Gasteiger partial charge in [-0.15, -0.1) is 0 Å². The fraction of sp³-hybridized carbons (Fsp3) is 0.250. The zero-order valence-corrected chi connectivity index (χ0v) is 16.5. The number of anilines is 2. The van der Waals surface area contributed by atoms with Crippen molar-refractivity contribution in [2.45, 2.75) is 13.8 Å². The SMILES string of the molecule is C=CCOc1ccc(NC(=O)CN(c2cccc(C)c2C)S(C)(=O)=O)cc1. The molecule has 0 saturated carbocycles. The molecule has 2 aromatic rings. The van der Waals surface area contributed by atoms with Gasteiger partial charge in [0.1, 0.15) is 18.9 Å². The molecule has 7 heteroatoms. The first-order chi connectivity index (χ1) is 12.7. The number of benzene rings is 2. The van der Waals surface area contributed by atoms with Crippen LogP contribution in [-0.4, -0.2) is 33.7 Å². The van der Waals surface area contributed by atoms with Crippen LogP contribution in [0.4, 0.5) is 11.4 Å². The van der Waals surface area contributed by atoms with Gasteiger partial charge in [-0.3, -0.25) is 9.10 Å². The van der Waals surface area contributed by atoms with E-state index in [1.165, 1.54) is 0 Å². The first-order valence-electron chi connectivity index (χ1n) is 8.40. The van der Waals surface area contributed by atoms with Crippen LogP contribution in [0.25, 0.3) is 0 Å². The molecule has 2 aromatic carbocycles. The monoisotopic (exact) mass is 388 g/mol. The molecule has 0 aliphatic heterocycles. The predicted octanol–water partition coefficient (Wildman–Crippen LogP) is 3.27. The Kier molecular flexibility index (Phi) is 6.63. The van der Waals surface area contributed by atoms with Crippen molar-refractivity contribution in [1.29, 1.82) is 0 Å². The maximum absolute atomic E-state index is 12.4. The lowest BCUT2D eigenvalue weighted by Crippen LogP contribution is -2.38. The molecule has 0 aliphatic carbocycles. The molecule has 27 heavy (non-hydrogen) atoms. The summed E-state index contributed by atoms with van der Waals surface area (Å²) in [4.78, 5) is 12.4. The number of amides is 1. The number of nitrogens with zero attached hydrogens (tertiary/aromatic N) is 1. The highest BCUT2D eigenvalue weighted by Crippen LogP contribution is 2.25. The average molecular weight is 388 g/mol. The van der Waals surface area contributed by atoms with Crippen LogP contribution in [0.2, 0.25) is 0 Å². The fourth-order valence-corrected chi connectivity index (χ4v) is 3.41. The molecule has 0 heterocycles. The number of aryl methyl sites for hydroxylation is 1. The summed E-state index contributed by atoms with van der Waals surface area (Å²) in [6.45, 7) is 7.40. The fourth-order valence-electron chi connectivity index (χ4n) is 2.51. The average Bonchev–Trinajstić information content (AvgIpc) is 2.61. The molecule has 2 rings (SSSR count). The second kappa shape index (κ2) is 8.73. The minimum Gasteiger partial charge on any atom is -0.490 e. The maximum atomic E-state index is 12.4. The summed E-state index contributed by atoms with van der Waals surface area (Å²) >= 11 is 0. The van der Waals surface area contributed by atoms with E-state index in [1.54, 1.807) is 42.5 Å². The van der Waals surface area contributed by atoms with Crippen molar-refractivity contribution >= 4 is 27.3 Å². The molecule has 6 nitrogen and oxygen atoms in total. The van der Waals surface area contributed by atoms with E-state index >= 15 is 0 Å². The van der Waals surface area contributed by atoms with Crippen molar-refractivity contribution in [1.82, 2.24) is 0 Å². The van der Waals surface area contributed by atoms with Gasteiger partial charge in [0.25, 0.3) is 0 Å². The summed E-state index contributed by atoms with van der Waals surface area (Å²) in [6, 6.07) is 12.2. The lowest BCUT2D eigenvalue weighted by molar-refractivity contribution is -0.114. The van der Waals surface area contributed by atoms with Gasteiger partial charge in [-0.1, -0.05) is 24.8 Å². The van der Waals surface area contributed by atoms with E-state index in [-0.39, 0.29) is 6.54 Å². The van der Waals surface area contributed by atoms with Crippen molar-refractivity contribution in [2.24, 2.45) is 0 Å². The molecule has 0 aliphatic rings. The summed E-state index contributed by atoms with van der Waals surface area (Å²) in [6.07, 6.45) is 2.73. The van der Waals surface area contributed by atoms with Gasteiger partial charge in [-0.25, -0.2) is 8.42 Å². The number of carbonyl (C=O) groups excluding carboxylic acids is 1. The van der Waals surface area contributed by atoms with Gasteiger partial charge >= 0.3 is 0 Å². The van der Waals surface area contributed by atoms with Gasteiger partial charge in [0.05, 0.1) is 11.9 Å². The number of ether oxygens (including phenoxy) is 1. The van der Waals surface area contributed by atoms with Crippen molar-refractivity contribution in [3.05, 3.63) is 66.2 Å². The molecule has 0 bridgehead atoms. The van der Waals surface area contributed by atoms with Crippen molar-refractivity contribution in [3.63, 3.8) is 0 Å². The normalized spacial score (nSPS) is 10.9. The number of sulfonamides is 1. The van der Waals surface area contributed by atoms with Gasteiger partial charge in [0, 0.05) is 5.69 Å². The van der Waals surface area contributed by atoms with Gasteiger partial charge in [-0.05, 0) is 55.3 Å². The second-order valence-electron chi connectivity index (χ2n) is 6.16. The number of nitrogens with one attached hydrogen (secondary N) is 1. The Balaban J connectivity index is 2.15. The quantitative estimate of drug-likeness (QED) is 0.704. The van der Waals surface area contributed by atoms with E-state index in [2.05, 4.69) is 11.9 Å². The molecule has 0 atom stereocenters. The zero-order valence-electron chi connectivity index (χ0n) is 15.7. The number of rotatable bonds is 8.